The van der Waals surface area contributed by atoms with Crippen molar-refractivity contribution in [3.8, 4) is 5.75 Å². The highest BCUT2D eigenvalue weighted by Gasteiger charge is 2.42. The molecule has 1 aromatic rings. The van der Waals surface area contributed by atoms with Crippen molar-refractivity contribution in [1.82, 2.24) is 5.32 Å². The fourth-order valence-corrected chi connectivity index (χ4v) is 4.51. The first kappa shape index (κ1) is 17.3. The van der Waals surface area contributed by atoms with E-state index in [1.807, 2.05) is 24.3 Å². The number of carbonyl (C=O) groups is 1. The van der Waals surface area contributed by atoms with E-state index in [-0.39, 0.29) is 11.4 Å². The summed E-state index contributed by atoms with van der Waals surface area (Å²) in [5.41, 5.74) is 0.946. The lowest BCUT2D eigenvalue weighted by Gasteiger charge is -2.45. The summed E-state index contributed by atoms with van der Waals surface area (Å²) >= 11 is 0. The largest absolute Gasteiger partial charge is 0.497 e. The predicted octanol–water partition coefficient (Wildman–Crippen LogP) is 2.20. The third-order valence-electron chi connectivity index (χ3n) is 5.94. The number of benzene rings is 1. The monoisotopic (exact) mass is 331 g/mol. The molecule has 1 saturated heterocycles. The zero-order chi connectivity index (χ0) is 16.8. The third kappa shape index (κ3) is 3.92. The molecule has 1 aliphatic heterocycles. The van der Waals surface area contributed by atoms with Crippen LogP contribution in [0.3, 0.4) is 0 Å². The lowest BCUT2D eigenvalue weighted by atomic mass is 9.79. The molecule has 1 heterocycles. The predicted molar refractivity (Wildman–Crippen MR) is 95.7 cm³/mol. The fraction of sp³-hybridized carbons (Fsp3) is 0.650. The van der Waals surface area contributed by atoms with Crippen LogP contribution in [0.15, 0.2) is 24.3 Å². The molecule has 0 aromatic heterocycles. The van der Waals surface area contributed by atoms with Gasteiger partial charge in [0.05, 0.1) is 26.7 Å². The standard InChI is InChI=1S/C20H30N2O2/c1-24-18-10-8-9-17(15-18)19(23)21-16-20(11-4-2-5-12-20)22-13-6-3-7-14-22/h8-10,15H,2-7,11-14,16H2,1H3,(H,21,23)/p+1. The van der Waals surface area contributed by atoms with E-state index in [0.717, 1.165) is 12.3 Å². The molecule has 2 N–H and O–H groups in total. The number of ether oxygens (including phenoxy) is 1. The van der Waals surface area contributed by atoms with Crippen molar-refractivity contribution in [3.63, 3.8) is 0 Å². The van der Waals surface area contributed by atoms with Crippen LogP contribution in [-0.4, -0.2) is 38.2 Å². The molecule has 0 unspecified atom stereocenters. The Morgan fingerprint density at radius 3 is 2.54 bits per heavy atom. The Morgan fingerprint density at radius 2 is 1.83 bits per heavy atom. The van der Waals surface area contributed by atoms with Crippen LogP contribution in [0.5, 0.6) is 5.75 Å². The number of likely N-dealkylation sites (tertiary alicyclic amines) is 1. The van der Waals surface area contributed by atoms with Gasteiger partial charge in [0.25, 0.3) is 5.91 Å². The van der Waals surface area contributed by atoms with Gasteiger partial charge in [-0.15, -0.1) is 0 Å². The van der Waals surface area contributed by atoms with Crippen LogP contribution in [0, 0.1) is 0 Å². The quantitative estimate of drug-likeness (QED) is 0.869. The van der Waals surface area contributed by atoms with E-state index in [0.29, 0.717) is 5.56 Å². The first-order valence-corrected chi connectivity index (χ1v) is 9.51. The average molecular weight is 331 g/mol. The zero-order valence-corrected chi connectivity index (χ0v) is 14.9. The molecule has 2 fully saturated rings. The van der Waals surface area contributed by atoms with Crippen LogP contribution in [0.1, 0.15) is 61.7 Å². The van der Waals surface area contributed by atoms with E-state index in [4.69, 9.17) is 4.74 Å². The van der Waals surface area contributed by atoms with Gasteiger partial charge in [-0.2, -0.15) is 0 Å². The van der Waals surface area contributed by atoms with Crippen molar-refractivity contribution >= 4 is 5.91 Å². The molecule has 1 aromatic carbocycles. The number of piperidine rings is 1. The second-order valence-electron chi connectivity index (χ2n) is 7.42. The van der Waals surface area contributed by atoms with Gasteiger partial charge in [-0.25, -0.2) is 0 Å². The summed E-state index contributed by atoms with van der Waals surface area (Å²) in [7, 11) is 1.63. The topological polar surface area (TPSA) is 42.8 Å². The number of methoxy groups -OCH3 is 1. The van der Waals surface area contributed by atoms with Gasteiger partial charge in [0, 0.05) is 18.4 Å². The highest BCUT2D eigenvalue weighted by Crippen LogP contribution is 2.26. The lowest BCUT2D eigenvalue weighted by Crippen LogP contribution is -3.22. The number of hydrogen-bond acceptors (Lipinski definition) is 2. The summed E-state index contributed by atoms with van der Waals surface area (Å²) in [6, 6.07) is 7.42. The van der Waals surface area contributed by atoms with E-state index < -0.39 is 0 Å². The zero-order valence-electron chi connectivity index (χ0n) is 14.9. The molecule has 24 heavy (non-hydrogen) atoms. The highest BCUT2D eigenvalue weighted by atomic mass is 16.5. The number of hydrogen-bond donors (Lipinski definition) is 2. The molecular weight excluding hydrogens is 300 g/mol. The van der Waals surface area contributed by atoms with Crippen molar-refractivity contribution in [2.75, 3.05) is 26.7 Å². The maximum absolute atomic E-state index is 12.6. The van der Waals surface area contributed by atoms with Crippen molar-refractivity contribution < 1.29 is 14.4 Å². The molecule has 0 spiro atoms. The number of quaternary nitrogens is 1. The Balaban J connectivity index is 1.67. The minimum Gasteiger partial charge on any atom is -0.497 e. The van der Waals surface area contributed by atoms with Crippen LogP contribution in [0.4, 0.5) is 0 Å². The average Bonchev–Trinajstić information content (AvgIpc) is 2.67. The molecule has 0 bridgehead atoms. The number of carbonyl (C=O) groups excluding carboxylic acids is 1. The van der Waals surface area contributed by atoms with E-state index in [1.165, 1.54) is 64.5 Å². The summed E-state index contributed by atoms with van der Waals surface area (Å²) in [6.07, 6.45) is 10.5. The van der Waals surface area contributed by atoms with Crippen LogP contribution in [0.25, 0.3) is 0 Å². The van der Waals surface area contributed by atoms with Crippen molar-refractivity contribution in [2.45, 2.75) is 56.9 Å². The maximum Gasteiger partial charge on any atom is 0.251 e. The van der Waals surface area contributed by atoms with Crippen molar-refractivity contribution in [3.05, 3.63) is 29.8 Å². The first-order valence-electron chi connectivity index (χ1n) is 9.51. The second kappa shape index (κ2) is 8.02. The van der Waals surface area contributed by atoms with Crippen molar-refractivity contribution in [1.29, 1.82) is 0 Å². The van der Waals surface area contributed by atoms with Gasteiger partial charge in [-0.1, -0.05) is 12.5 Å². The summed E-state index contributed by atoms with van der Waals surface area (Å²) < 4.78 is 5.23. The van der Waals surface area contributed by atoms with Crippen LogP contribution in [-0.2, 0) is 0 Å². The minimum atomic E-state index is 0.0234. The molecule has 0 atom stereocenters. The van der Waals surface area contributed by atoms with Crippen LogP contribution >= 0.6 is 0 Å². The van der Waals surface area contributed by atoms with Crippen LogP contribution < -0.4 is 15.0 Å². The SMILES string of the molecule is COc1cccc(C(=O)NCC2([NH+]3CCCCC3)CCCCC2)c1. The van der Waals surface area contributed by atoms with Gasteiger partial charge in [-0.05, 0) is 50.3 Å². The molecule has 4 heteroatoms. The van der Waals surface area contributed by atoms with E-state index in [9.17, 15) is 4.79 Å². The Morgan fingerprint density at radius 1 is 1.12 bits per heavy atom. The van der Waals surface area contributed by atoms with Gasteiger partial charge >= 0.3 is 0 Å². The Labute approximate surface area is 145 Å². The molecule has 2 aliphatic rings. The molecule has 0 radical (unpaired) electrons. The van der Waals surface area contributed by atoms with Crippen molar-refractivity contribution in [2.24, 2.45) is 0 Å². The second-order valence-corrected chi connectivity index (χ2v) is 7.42. The lowest BCUT2D eigenvalue weighted by molar-refractivity contribution is -0.957. The molecule has 132 valence electrons. The molecule has 3 rings (SSSR count). The smallest absolute Gasteiger partial charge is 0.251 e. The van der Waals surface area contributed by atoms with E-state index >= 15 is 0 Å². The number of nitrogens with one attached hydrogen (secondary N) is 2. The molecular formula is C20H31N2O2+. The van der Waals surface area contributed by atoms with E-state index in [2.05, 4.69) is 5.32 Å². The fourth-order valence-electron chi connectivity index (χ4n) is 4.51. The normalized spacial score (nSPS) is 21.2. The minimum absolute atomic E-state index is 0.0234. The molecule has 1 amide bonds. The Kier molecular flexibility index (Phi) is 5.77. The summed E-state index contributed by atoms with van der Waals surface area (Å²) in [4.78, 5) is 14.3. The number of amides is 1. The van der Waals surface area contributed by atoms with Gasteiger partial charge < -0.3 is 15.0 Å². The molecule has 4 nitrogen and oxygen atoms in total. The van der Waals surface area contributed by atoms with Gasteiger partial charge in [0.15, 0.2) is 0 Å². The highest BCUT2D eigenvalue weighted by molar-refractivity contribution is 5.94. The molecule has 1 saturated carbocycles. The molecule has 1 aliphatic carbocycles. The first-order chi connectivity index (χ1) is 11.7. The summed E-state index contributed by atoms with van der Waals surface area (Å²) in [5, 5.41) is 3.24. The van der Waals surface area contributed by atoms with Gasteiger partial charge in [0.1, 0.15) is 11.3 Å². The van der Waals surface area contributed by atoms with Gasteiger partial charge in [0.2, 0.25) is 0 Å². The Bertz CT molecular complexity index is 546. The van der Waals surface area contributed by atoms with E-state index in [1.54, 1.807) is 12.0 Å². The van der Waals surface area contributed by atoms with Crippen LogP contribution in [0.2, 0.25) is 0 Å². The summed E-state index contributed by atoms with van der Waals surface area (Å²) in [5.74, 6) is 0.756. The number of rotatable bonds is 5. The summed E-state index contributed by atoms with van der Waals surface area (Å²) in [6.45, 7) is 3.35. The third-order valence-corrected chi connectivity index (χ3v) is 5.94. The Hall–Kier alpha value is -1.55. The maximum atomic E-state index is 12.6. The van der Waals surface area contributed by atoms with Gasteiger partial charge in [-0.3, -0.25) is 4.79 Å².